The zero-order chi connectivity index (χ0) is 14.3. The number of esters is 1. The van der Waals surface area contributed by atoms with Crippen LogP contribution in [0, 0.1) is 0 Å². The highest BCUT2D eigenvalue weighted by molar-refractivity contribution is 6.32. The largest absolute Gasteiger partial charge is 0.495 e. The fourth-order valence-corrected chi connectivity index (χ4v) is 1.56. The molecule has 0 unspecified atom stereocenters. The van der Waals surface area contributed by atoms with Gasteiger partial charge < -0.3 is 20.5 Å². The average Bonchev–Trinajstić information content (AvgIpc) is 2.38. The van der Waals surface area contributed by atoms with Gasteiger partial charge in [-0.1, -0.05) is 11.6 Å². The zero-order valence-corrected chi connectivity index (χ0v) is 11.5. The Labute approximate surface area is 116 Å². The third-order valence-corrected chi connectivity index (χ3v) is 2.55. The number of rotatable bonds is 5. The molecule has 6 nitrogen and oxygen atoms in total. The smallest absolute Gasteiger partial charge is 0.307 e. The van der Waals surface area contributed by atoms with Crippen molar-refractivity contribution in [1.29, 1.82) is 0 Å². The minimum atomic E-state index is -0.330. The van der Waals surface area contributed by atoms with Crippen LogP contribution in [0.2, 0.25) is 5.02 Å². The number of carbonyl (C=O) groups is 1. The van der Waals surface area contributed by atoms with Gasteiger partial charge in [0.2, 0.25) is 0 Å². The van der Waals surface area contributed by atoms with Crippen LogP contribution in [0.5, 0.6) is 5.75 Å². The van der Waals surface area contributed by atoms with Crippen LogP contribution >= 0.6 is 11.6 Å². The number of nitrogens with two attached hydrogens (primary N) is 1. The van der Waals surface area contributed by atoms with E-state index < -0.39 is 0 Å². The van der Waals surface area contributed by atoms with E-state index in [0.717, 1.165) is 0 Å². The molecule has 0 amide bonds. The van der Waals surface area contributed by atoms with Crippen LogP contribution < -0.4 is 15.8 Å². The number of hydrogen-bond acceptors (Lipinski definition) is 4. The van der Waals surface area contributed by atoms with E-state index in [1.807, 2.05) is 0 Å². The third-order valence-electron chi connectivity index (χ3n) is 2.25. The molecule has 7 heteroatoms. The van der Waals surface area contributed by atoms with Crippen molar-refractivity contribution in [2.75, 3.05) is 26.1 Å². The number of carbonyl (C=O) groups excluding carboxylic acids is 1. The topological polar surface area (TPSA) is 85.9 Å². The second-order valence-electron chi connectivity index (χ2n) is 3.57. The van der Waals surface area contributed by atoms with Crippen molar-refractivity contribution < 1.29 is 14.3 Å². The van der Waals surface area contributed by atoms with Crippen LogP contribution in [-0.2, 0) is 9.53 Å². The molecule has 3 N–H and O–H groups in total. The normalized spacial score (nSPS) is 11.0. The molecule has 0 heterocycles. The first-order valence-electron chi connectivity index (χ1n) is 5.54. The number of guanidine groups is 1. The number of halogens is 1. The summed E-state index contributed by atoms with van der Waals surface area (Å²) >= 11 is 5.97. The number of benzene rings is 1. The molecule has 0 aliphatic rings. The maximum Gasteiger partial charge on any atom is 0.307 e. The van der Waals surface area contributed by atoms with Crippen LogP contribution in [0.3, 0.4) is 0 Å². The Hall–Kier alpha value is -1.95. The van der Waals surface area contributed by atoms with E-state index in [2.05, 4.69) is 15.0 Å². The van der Waals surface area contributed by atoms with E-state index in [1.54, 1.807) is 18.2 Å². The minimum absolute atomic E-state index is 0.183. The number of aliphatic imine (C=N–C) groups is 1. The molecule has 0 aliphatic heterocycles. The van der Waals surface area contributed by atoms with Gasteiger partial charge in [0.05, 0.1) is 32.2 Å². The van der Waals surface area contributed by atoms with E-state index in [1.165, 1.54) is 14.2 Å². The number of anilines is 1. The summed E-state index contributed by atoms with van der Waals surface area (Å²) in [6.07, 6.45) is 0.183. The SMILES string of the molecule is COC(=O)CCN=C(N)Nc1ccc(OC)c(Cl)c1. The third kappa shape index (κ3) is 5.05. The summed E-state index contributed by atoms with van der Waals surface area (Å²) in [4.78, 5) is 14.9. The lowest BCUT2D eigenvalue weighted by Gasteiger charge is -2.08. The van der Waals surface area contributed by atoms with Gasteiger partial charge in [0.1, 0.15) is 5.75 Å². The maximum absolute atomic E-state index is 10.9. The maximum atomic E-state index is 10.9. The summed E-state index contributed by atoms with van der Waals surface area (Å²) in [5.41, 5.74) is 6.35. The minimum Gasteiger partial charge on any atom is -0.495 e. The number of hydrogen-bond donors (Lipinski definition) is 2. The zero-order valence-electron chi connectivity index (χ0n) is 10.8. The molecule has 0 fully saturated rings. The highest BCUT2D eigenvalue weighted by atomic mass is 35.5. The van der Waals surface area contributed by atoms with Crippen molar-refractivity contribution in [2.24, 2.45) is 10.7 Å². The Morgan fingerprint density at radius 3 is 2.79 bits per heavy atom. The predicted octanol–water partition coefficient (Wildman–Crippen LogP) is 1.64. The van der Waals surface area contributed by atoms with E-state index in [4.69, 9.17) is 22.1 Å². The molecule has 1 aromatic rings. The number of methoxy groups -OCH3 is 2. The lowest BCUT2D eigenvalue weighted by Crippen LogP contribution is -2.23. The first-order valence-corrected chi connectivity index (χ1v) is 5.92. The molecule has 0 atom stereocenters. The predicted molar refractivity (Wildman–Crippen MR) is 74.7 cm³/mol. The van der Waals surface area contributed by atoms with Crippen LogP contribution in [0.4, 0.5) is 5.69 Å². The number of nitrogens with one attached hydrogen (secondary N) is 1. The van der Waals surface area contributed by atoms with E-state index in [0.29, 0.717) is 16.5 Å². The van der Waals surface area contributed by atoms with Crippen molar-refractivity contribution in [3.8, 4) is 5.75 Å². The first-order chi connectivity index (χ1) is 9.06. The van der Waals surface area contributed by atoms with E-state index in [-0.39, 0.29) is 24.9 Å². The van der Waals surface area contributed by atoms with Gasteiger partial charge in [-0.15, -0.1) is 0 Å². The lowest BCUT2D eigenvalue weighted by molar-refractivity contribution is -0.140. The van der Waals surface area contributed by atoms with Crippen LogP contribution in [-0.4, -0.2) is 32.7 Å². The second kappa shape index (κ2) is 7.48. The molecular formula is C12H16ClN3O3. The number of ether oxygens (including phenoxy) is 2. The highest BCUT2D eigenvalue weighted by Gasteiger charge is 2.03. The fraction of sp³-hybridized carbons (Fsp3) is 0.333. The van der Waals surface area contributed by atoms with Gasteiger partial charge >= 0.3 is 5.97 Å². The van der Waals surface area contributed by atoms with Gasteiger partial charge in [-0.25, -0.2) is 0 Å². The van der Waals surface area contributed by atoms with E-state index in [9.17, 15) is 4.79 Å². The summed E-state index contributed by atoms with van der Waals surface area (Å²) < 4.78 is 9.53. The lowest BCUT2D eigenvalue weighted by atomic mass is 10.3. The summed E-state index contributed by atoms with van der Waals surface area (Å²) in [6, 6.07) is 5.14. The molecule has 0 saturated carbocycles. The Morgan fingerprint density at radius 1 is 1.47 bits per heavy atom. The van der Waals surface area contributed by atoms with Crippen LogP contribution in [0.1, 0.15) is 6.42 Å². The summed E-state index contributed by atoms with van der Waals surface area (Å²) in [5, 5.41) is 3.33. The molecule has 19 heavy (non-hydrogen) atoms. The molecular weight excluding hydrogens is 270 g/mol. The number of nitrogens with zero attached hydrogens (tertiary/aromatic N) is 1. The van der Waals surface area contributed by atoms with Crippen molar-refractivity contribution in [2.45, 2.75) is 6.42 Å². The molecule has 1 rings (SSSR count). The first kappa shape index (κ1) is 15.1. The summed E-state index contributed by atoms with van der Waals surface area (Å²) in [6.45, 7) is 0.259. The molecule has 0 saturated heterocycles. The van der Waals surface area contributed by atoms with Crippen molar-refractivity contribution in [3.63, 3.8) is 0 Å². The second-order valence-corrected chi connectivity index (χ2v) is 3.97. The molecule has 0 aromatic heterocycles. The Kier molecular flexibility index (Phi) is 5.95. The van der Waals surface area contributed by atoms with Crippen molar-refractivity contribution >= 4 is 29.2 Å². The van der Waals surface area contributed by atoms with E-state index >= 15 is 0 Å². The van der Waals surface area contributed by atoms with Crippen LogP contribution in [0.15, 0.2) is 23.2 Å². The van der Waals surface area contributed by atoms with Gasteiger partial charge in [-0.2, -0.15) is 0 Å². The Balaban J connectivity index is 2.56. The summed E-state index contributed by atoms with van der Waals surface area (Å²) in [7, 11) is 2.87. The standard InChI is InChI=1S/C12H16ClN3O3/c1-18-10-4-3-8(7-9(10)13)16-12(14)15-6-5-11(17)19-2/h3-4,7H,5-6H2,1-2H3,(H3,14,15,16). The highest BCUT2D eigenvalue weighted by Crippen LogP contribution is 2.26. The van der Waals surface area contributed by atoms with Gasteiger partial charge in [0.25, 0.3) is 0 Å². The molecule has 0 aliphatic carbocycles. The Morgan fingerprint density at radius 2 is 2.21 bits per heavy atom. The quantitative estimate of drug-likeness (QED) is 0.488. The molecule has 1 aromatic carbocycles. The van der Waals surface area contributed by atoms with Crippen molar-refractivity contribution in [3.05, 3.63) is 23.2 Å². The molecule has 0 radical (unpaired) electrons. The average molecular weight is 286 g/mol. The van der Waals surface area contributed by atoms with Gasteiger partial charge in [-0.3, -0.25) is 9.79 Å². The molecule has 104 valence electrons. The Bertz CT molecular complexity index is 477. The van der Waals surface area contributed by atoms with Gasteiger partial charge in [0, 0.05) is 5.69 Å². The monoisotopic (exact) mass is 285 g/mol. The summed E-state index contributed by atoms with van der Waals surface area (Å²) in [5.74, 6) is 0.447. The van der Waals surface area contributed by atoms with Gasteiger partial charge in [-0.05, 0) is 18.2 Å². The van der Waals surface area contributed by atoms with Crippen LogP contribution in [0.25, 0.3) is 0 Å². The molecule has 0 bridgehead atoms. The van der Waals surface area contributed by atoms with Gasteiger partial charge in [0.15, 0.2) is 5.96 Å². The molecule has 0 spiro atoms. The fourth-order valence-electron chi connectivity index (χ4n) is 1.30. The van der Waals surface area contributed by atoms with Crippen molar-refractivity contribution in [1.82, 2.24) is 0 Å².